The van der Waals surface area contributed by atoms with Crippen molar-refractivity contribution in [1.29, 1.82) is 0 Å². The summed E-state index contributed by atoms with van der Waals surface area (Å²) in [6.07, 6.45) is 3.92. The van der Waals surface area contributed by atoms with Gasteiger partial charge < -0.3 is 10.3 Å². The normalized spacial score (nSPS) is 12.1. The molecule has 2 aromatic heterocycles. The summed E-state index contributed by atoms with van der Waals surface area (Å²) in [5, 5.41) is 9.66. The van der Waals surface area contributed by atoms with E-state index in [0.29, 0.717) is 17.0 Å². The van der Waals surface area contributed by atoms with Crippen LogP contribution in [0.15, 0.2) is 36.8 Å². The number of benzene rings is 1. The van der Waals surface area contributed by atoms with E-state index in [9.17, 15) is 4.79 Å². The molecule has 0 fully saturated rings. The van der Waals surface area contributed by atoms with Gasteiger partial charge in [0.1, 0.15) is 12.2 Å². The van der Waals surface area contributed by atoms with Crippen molar-refractivity contribution in [1.82, 2.24) is 30.5 Å². The molecule has 1 atom stereocenters. The standard InChI is InChI=1S/C16H18N6O/c1-3-13(15-17-8-10(2)20-15)21-16(23)12-7-5-4-6-11(12)14-18-9-19-22-14/h4-9,13H,3H2,1-2H3,(H,17,20)(H,21,23)(H,18,19,22)/t13-/m1/s1. The van der Waals surface area contributed by atoms with Crippen LogP contribution in [-0.2, 0) is 0 Å². The number of aryl methyl sites for hydroxylation is 1. The van der Waals surface area contributed by atoms with Gasteiger partial charge in [-0.3, -0.25) is 9.89 Å². The minimum Gasteiger partial charge on any atom is -0.344 e. The van der Waals surface area contributed by atoms with Crippen LogP contribution < -0.4 is 5.32 Å². The van der Waals surface area contributed by atoms with Crippen molar-refractivity contribution >= 4 is 5.91 Å². The van der Waals surface area contributed by atoms with E-state index in [1.807, 2.05) is 32.0 Å². The first kappa shape index (κ1) is 15.0. The summed E-state index contributed by atoms with van der Waals surface area (Å²) >= 11 is 0. The highest BCUT2D eigenvalue weighted by Gasteiger charge is 2.19. The van der Waals surface area contributed by atoms with Crippen LogP contribution in [0, 0.1) is 6.92 Å². The molecule has 7 nitrogen and oxygen atoms in total. The van der Waals surface area contributed by atoms with Crippen molar-refractivity contribution in [3.8, 4) is 11.4 Å². The smallest absolute Gasteiger partial charge is 0.252 e. The molecule has 2 heterocycles. The minimum absolute atomic E-state index is 0.168. The second-order valence-corrected chi connectivity index (χ2v) is 5.27. The molecule has 0 saturated carbocycles. The lowest BCUT2D eigenvalue weighted by Crippen LogP contribution is -2.29. The summed E-state index contributed by atoms with van der Waals surface area (Å²) in [6.45, 7) is 3.94. The SMILES string of the molecule is CC[C@@H](NC(=O)c1ccccc1-c1ncn[nH]1)c1ncc(C)[nH]1. The van der Waals surface area contributed by atoms with Gasteiger partial charge in [-0.15, -0.1) is 0 Å². The van der Waals surface area contributed by atoms with Crippen molar-refractivity contribution in [2.45, 2.75) is 26.3 Å². The number of hydrogen-bond acceptors (Lipinski definition) is 4. The van der Waals surface area contributed by atoms with Gasteiger partial charge in [0.25, 0.3) is 5.91 Å². The molecule has 3 N–H and O–H groups in total. The second-order valence-electron chi connectivity index (χ2n) is 5.27. The number of aromatic nitrogens is 5. The van der Waals surface area contributed by atoms with Crippen molar-refractivity contribution in [3.05, 3.63) is 53.9 Å². The first-order chi connectivity index (χ1) is 11.2. The highest BCUT2D eigenvalue weighted by molar-refractivity contribution is 6.00. The van der Waals surface area contributed by atoms with E-state index >= 15 is 0 Å². The monoisotopic (exact) mass is 310 g/mol. The fourth-order valence-electron chi connectivity index (χ4n) is 2.43. The first-order valence-electron chi connectivity index (χ1n) is 7.46. The Hall–Kier alpha value is -2.96. The molecule has 1 aromatic carbocycles. The molecule has 0 bridgehead atoms. The topological polar surface area (TPSA) is 99.3 Å². The lowest BCUT2D eigenvalue weighted by molar-refractivity contribution is 0.0934. The Morgan fingerprint density at radius 3 is 2.78 bits per heavy atom. The van der Waals surface area contributed by atoms with Crippen LogP contribution >= 0.6 is 0 Å². The Morgan fingerprint density at radius 2 is 2.13 bits per heavy atom. The van der Waals surface area contributed by atoms with E-state index in [1.165, 1.54) is 6.33 Å². The van der Waals surface area contributed by atoms with Crippen LogP contribution in [0.4, 0.5) is 0 Å². The predicted octanol–water partition coefficient (Wildman–Crippen LogP) is 2.38. The number of nitrogens with one attached hydrogen (secondary N) is 3. The zero-order chi connectivity index (χ0) is 16.2. The Bertz CT molecular complexity index is 793. The lowest BCUT2D eigenvalue weighted by Gasteiger charge is -2.16. The number of carbonyl (C=O) groups excluding carboxylic acids is 1. The summed E-state index contributed by atoms with van der Waals surface area (Å²) < 4.78 is 0. The molecule has 1 amide bonds. The van der Waals surface area contributed by atoms with E-state index < -0.39 is 0 Å². The van der Waals surface area contributed by atoms with Gasteiger partial charge in [0, 0.05) is 17.5 Å². The van der Waals surface area contributed by atoms with Crippen LogP contribution in [0.5, 0.6) is 0 Å². The van der Waals surface area contributed by atoms with E-state index in [0.717, 1.165) is 17.9 Å². The molecule has 3 aromatic rings. The third-order valence-electron chi connectivity index (χ3n) is 3.61. The zero-order valence-electron chi connectivity index (χ0n) is 13.0. The summed E-state index contributed by atoms with van der Waals surface area (Å²) in [5.41, 5.74) is 2.23. The maximum Gasteiger partial charge on any atom is 0.252 e. The second kappa shape index (κ2) is 6.43. The van der Waals surface area contributed by atoms with Gasteiger partial charge in [0.15, 0.2) is 5.82 Å². The maximum absolute atomic E-state index is 12.7. The summed E-state index contributed by atoms with van der Waals surface area (Å²) in [4.78, 5) is 24.3. The Labute approximate surface area is 133 Å². The first-order valence-corrected chi connectivity index (χ1v) is 7.46. The van der Waals surface area contributed by atoms with Crippen LogP contribution in [0.1, 0.15) is 41.3 Å². The van der Waals surface area contributed by atoms with E-state index in [1.54, 1.807) is 12.3 Å². The van der Waals surface area contributed by atoms with Crippen LogP contribution in [0.25, 0.3) is 11.4 Å². The Balaban J connectivity index is 1.86. The van der Waals surface area contributed by atoms with E-state index in [4.69, 9.17) is 0 Å². The van der Waals surface area contributed by atoms with E-state index in [-0.39, 0.29) is 11.9 Å². The number of imidazole rings is 1. The number of H-pyrrole nitrogens is 2. The number of rotatable bonds is 5. The van der Waals surface area contributed by atoms with Gasteiger partial charge in [-0.2, -0.15) is 5.10 Å². The molecule has 0 spiro atoms. The number of hydrogen-bond donors (Lipinski definition) is 3. The molecule has 3 rings (SSSR count). The van der Waals surface area contributed by atoms with Gasteiger partial charge in [-0.25, -0.2) is 9.97 Å². The molecule has 23 heavy (non-hydrogen) atoms. The van der Waals surface area contributed by atoms with Crippen LogP contribution in [-0.4, -0.2) is 31.1 Å². The van der Waals surface area contributed by atoms with Gasteiger partial charge in [0.2, 0.25) is 0 Å². The molecule has 0 saturated heterocycles. The molecule has 7 heteroatoms. The molecular weight excluding hydrogens is 292 g/mol. The van der Waals surface area contributed by atoms with Crippen molar-refractivity contribution in [2.24, 2.45) is 0 Å². The molecule has 0 aliphatic rings. The molecule has 0 aliphatic carbocycles. The molecular formula is C16H18N6O. The highest BCUT2D eigenvalue weighted by atomic mass is 16.1. The maximum atomic E-state index is 12.7. The zero-order valence-corrected chi connectivity index (χ0v) is 13.0. The average molecular weight is 310 g/mol. The highest BCUT2D eigenvalue weighted by Crippen LogP contribution is 2.21. The van der Waals surface area contributed by atoms with Gasteiger partial charge in [0.05, 0.1) is 11.6 Å². The fourth-order valence-corrected chi connectivity index (χ4v) is 2.43. The largest absolute Gasteiger partial charge is 0.344 e. The average Bonchev–Trinajstić information content (AvgIpc) is 3.24. The molecule has 0 radical (unpaired) electrons. The molecule has 0 aliphatic heterocycles. The van der Waals surface area contributed by atoms with Gasteiger partial charge in [-0.1, -0.05) is 25.1 Å². The number of amides is 1. The molecule has 0 unspecified atom stereocenters. The van der Waals surface area contributed by atoms with Gasteiger partial charge in [-0.05, 0) is 19.4 Å². The summed E-state index contributed by atoms with van der Waals surface area (Å²) in [7, 11) is 0. The lowest BCUT2D eigenvalue weighted by atomic mass is 10.1. The van der Waals surface area contributed by atoms with Gasteiger partial charge >= 0.3 is 0 Å². The minimum atomic E-state index is -0.169. The summed E-state index contributed by atoms with van der Waals surface area (Å²) in [6, 6.07) is 7.13. The Kier molecular flexibility index (Phi) is 4.18. The van der Waals surface area contributed by atoms with Crippen LogP contribution in [0.3, 0.4) is 0 Å². The quantitative estimate of drug-likeness (QED) is 0.673. The predicted molar refractivity (Wildman–Crippen MR) is 85.6 cm³/mol. The van der Waals surface area contributed by atoms with E-state index in [2.05, 4.69) is 30.5 Å². The Morgan fingerprint density at radius 1 is 1.30 bits per heavy atom. The van der Waals surface area contributed by atoms with Crippen molar-refractivity contribution in [3.63, 3.8) is 0 Å². The van der Waals surface area contributed by atoms with Crippen LogP contribution in [0.2, 0.25) is 0 Å². The third kappa shape index (κ3) is 3.13. The van der Waals surface area contributed by atoms with Crippen molar-refractivity contribution in [2.75, 3.05) is 0 Å². The fraction of sp³-hybridized carbons (Fsp3) is 0.250. The number of nitrogens with zero attached hydrogens (tertiary/aromatic N) is 3. The van der Waals surface area contributed by atoms with Crippen molar-refractivity contribution < 1.29 is 4.79 Å². The molecule has 118 valence electrons. The third-order valence-corrected chi connectivity index (χ3v) is 3.61. The number of carbonyl (C=O) groups is 1. The number of aromatic amines is 2. The summed E-state index contributed by atoms with van der Waals surface area (Å²) in [5.74, 6) is 1.16.